The van der Waals surface area contributed by atoms with Gasteiger partial charge in [-0.05, 0) is 26.4 Å². The highest BCUT2D eigenvalue weighted by molar-refractivity contribution is 4.63. The fraction of sp³-hybridized carbons (Fsp3) is 1.00. The smallest absolute Gasteiger partial charge is 0.00666 e. The largest absolute Gasteiger partial charge is 0.301 e. The zero-order chi connectivity index (χ0) is 8.69. The van der Waals surface area contributed by atoms with Crippen LogP contribution in [0.15, 0.2) is 0 Å². The van der Waals surface area contributed by atoms with E-state index in [0.717, 1.165) is 6.04 Å². The lowest BCUT2D eigenvalue weighted by atomic mass is 10.1. The molecule has 0 saturated carbocycles. The Morgan fingerprint density at radius 2 is 1.64 bits per heavy atom. The summed E-state index contributed by atoms with van der Waals surface area (Å²) in [6.45, 7) is 11.5. The predicted molar refractivity (Wildman–Crippen MR) is 51.9 cm³/mol. The minimum absolute atomic E-state index is 0.782. The first-order valence-corrected chi connectivity index (χ1v) is 5.00. The van der Waals surface area contributed by atoms with Gasteiger partial charge in [-0.25, -0.2) is 0 Å². The highest BCUT2D eigenvalue weighted by Crippen LogP contribution is 2.06. The van der Waals surface area contributed by atoms with Gasteiger partial charge in [-0.15, -0.1) is 0 Å². The van der Waals surface area contributed by atoms with Crippen molar-refractivity contribution < 1.29 is 0 Å². The third kappa shape index (κ3) is 4.41. The molecule has 1 nitrogen and oxygen atoms in total. The molecule has 1 atom stereocenters. The SMILES string of the molecule is CCCC[C@@H](C)N(CC)CC. The van der Waals surface area contributed by atoms with E-state index in [1.165, 1.54) is 32.4 Å². The van der Waals surface area contributed by atoms with Gasteiger partial charge in [0.2, 0.25) is 0 Å². The van der Waals surface area contributed by atoms with Crippen LogP contribution in [0, 0.1) is 0 Å². The Labute approximate surface area is 71.8 Å². The number of hydrogen-bond acceptors (Lipinski definition) is 1. The quantitative estimate of drug-likeness (QED) is 0.573. The lowest BCUT2D eigenvalue weighted by molar-refractivity contribution is 0.218. The molecule has 0 saturated heterocycles. The van der Waals surface area contributed by atoms with Crippen molar-refractivity contribution in [1.82, 2.24) is 4.90 Å². The van der Waals surface area contributed by atoms with Gasteiger partial charge in [0, 0.05) is 6.04 Å². The molecule has 0 heterocycles. The number of unbranched alkanes of at least 4 members (excludes halogenated alkanes) is 1. The second kappa shape index (κ2) is 6.66. The van der Waals surface area contributed by atoms with E-state index in [0.29, 0.717) is 0 Å². The number of nitrogens with zero attached hydrogens (tertiary/aromatic N) is 1. The van der Waals surface area contributed by atoms with Crippen molar-refractivity contribution in [3.05, 3.63) is 0 Å². The van der Waals surface area contributed by atoms with Crippen molar-refractivity contribution in [2.24, 2.45) is 0 Å². The second-order valence-electron chi connectivity index (χ2n) is 3.21. The first-order valence-electron chi connectivity index (χ1n) is 5.00. The Bertz CT molecular complexity index is 76.9. The highest BCUT2D eigenvalue weighted by atomic mass is 15.1. The molecule has 0 aliphatic rings. The van der Waals surface area contributed by atoms with E-state index in [1.807, 2.05) is 0 Å². The first kappa shape index (κ1) is 11.0. The third-order valence-corrected chi connectivity index (χ3v) is 2.41. The second-order valence-corrected chi connectivity index (χ2v) is 3.21. The van der Waals surface area contributed by atoms with E-state index in [1.54, 1.807) is 0 Å². The molecule has 0 rings (SSSR count). The molecule has 0 spiro atoms. The third-order valence-electron chi connectivity index (χ3n) is 2.41. The standard InChI is InChI=1S/C10H23N/c1-5-8-9-10(4)11(6-2)7-3/h10H,5-9H2,1-4H3/t10-/m1/s1. The molecule has 0 aromatic heterocycles. The topological polar surface area (TPSA) is 3.24 Å². The van der Waals surface area contributed by atoms with Crippen molar-refractivity contribution in [1.29, 1.82) is 0 Å². The number of rotatable bonds is 6. The maximum Gasteiger partial charge on any atom is 0.00666 e. The molecular weight excluding hydrogens is 134 g/mol. The van der Waals surface area contributed by atoms with Crippen molar-refractivity contribution in [3.63, 3.8) is 0 Å². The fourth-order valence-electron chi connectivity index (χ4n) is 1.53. The monoisotopic (exact) mass is 157 g/mol. The van der Waals surface area contributed by atoms with Gasteiger partial charge in [0.05, 0.1) is 0 Å². The van der Waals surface area contributed by atoms with E-state index in [9.17, 15) is 0 Å². The van der Waals surface area contributed by atoms with Crippen LogP contribution >= 0.6 is 0 Å². The Hall–Kier alpha value is -0.0400. The molecule has 0 aliphatic heterocycles. The van der Waals surface area contributed by atoms with Crippen molar-refractivity contribution in [3.8, 4) is 0 Å². The average molecular weight is 157 g/mol. The van der Waals surface area contributed by atoms with Gasteiger partial charge in [0.25, 0.3) is 0 Å². The molecule has 0 bridgehead atoms. The van der Waals surface area contributed by atoms with Crippen LogP contribution in [0.2, 0.25) is 0 Å². The lowest BCUT2D eigenvalue weighted by Gasteiger charge is -2.26. The zero-order valence-electron chi connectivity index (χ0n) is 8.56. The molecule has 0 unspecified atom stereocenters. The summed E-state index contributed by atoms with van der Waals surface area (Å²) >= 11 is 0. The Kier molecular flexibility index (Phi) is 6.63. The Morgan fingerprint density at radius 3 is 2.00 bits per heavy atom. The molecule has 68 valence electrons. The first-order chi connectivity index (χ1) is 5.26. The fourth-order valence-corrected chi connectivity index (χ4v) is 1.53. The van der Waals surface area contributed by atoms with E-state index in [2.05, 4.69) is 32.6 Å². The van der Waals surface area contributed by atoms with Gasteiger partial charge in [-0.3, -0.25) is 0 Å². The molecule has 0 fully saturated rings. The molecule has 0 aromatic rings. The summed E-state index contributed by atoms with van der Waals surface area (Å²) < 4.78 is 0. The van der Waals surface area contributed by atoms with Crippen molar-refractivity contribution in [2.75, 3.05) is 13.1 Å². The molecule has 0 amide bonds. The summed E-state index contributed by atoms with van der Waals surface area (Å²) in [5.41, 5.74) is 0. The molecule has 0 N–H and O–H groups in total. The van der Waals surface area contributed by atoms with E-state index in [4.69, 9.17) is 0 Å². The van der Waals surface area contributed by atoms with Gasteiger partial charge < -0.3 is 4.90 Å². The molecular formula is C10H23N. The summed E-state index contributed by atoms with van der Waals surface area (Å²) in [4.78, 5) is 2.52. The van der Waals surface area contributed by atoms with Crippen LogP contribution in [-0.4, -0.2) is 24.0 Å². The molecule has 0 aliphatic carbocycles. The van der Waals surface area contributed by atoms with Gasteiger partial charge >= 0.3 is 0 Å². The van der Waals surface area contributed by atoms with Crippen LogP contribution in [0.4, 0.5) is 0 Å². The summed E-state index contributed by atoms with van der Waals surface area (Å²) in [6.07, 6.45) is 4.06. The summed E-state index contributed by atoms with van der Waals surface area (Å²) in [5.74, 6) is 0. The van der Waals surface area contributed by atoms with Crippen molar-refractivity contribution >= 4 is 0 Å². The summed E-state index contributed by atoms with van der Waals surface area (Å²) in [7, 11) is 0. The van der Waals surface area contributed by atoms with E-state index >= 15 is 0 Å². The summed E-state index contributed by atoms with van der Waals surface area (Å²) in [6, 6.07) is 0.782. The summed E-state index contributed by atoms with van der Waals surface area (Å²) in [5, 5.41) is 0. The van der Waals surface area contributed by atoms with Crippen LogP contribution in [0.25, 0.3) is 0 Å². The average Bonchev–Trinajstić information content (AvgIpc) is 2.03. The maximum absolute atomic E-state index is 2.52. The van der Waals surface area contributed by atoms with Gasteiger partial charge in [-0.1, -0.05) is 33.6 Å². The van der Waals surface area contributed by atoms with Crippen LogP contribution in [-0.2, 0) is 0 Å². The Balaban J connectivity index is 3.51. The van der Waals surface area contributed by atoms with Crippen molar-refractivity contribution in [2.45, 2.75) is 53.0 Å². The normalized spacial score (nSPS) is 13.9. The number of hydrogen-bond donors (Lipinski definition) is 0. The van der Waals surface area contributed by atoms with Crippen LogP contribution in [0.5, 0.6) is 0 Å². The minimum atomic E-state index is 0.782. The van der Waals surface area contributed by atoms with E-state index in [-0.39, 0.29) is 0 Å². The van der Waals surface area contributed by atoms with Gasteiger partial charge in [0.15, 0.2) is 0 Å². The molecule has 0 radical (unpaired) electrons. The van der Waals surface area contributed by atoms with E-state index < -0.39 is 0 Å². The molecule has 11 heavy (non-hydrogen) atoms. The highest BCUT2D eigenvalue weighted by Gasteiger charge is 2.07. The maximum atomic E-state index is 2.52. The van der Waals surface area contributed by atoms with Gasteiger partial charge in [-0.2, -0.15) is 0 Å². The minimum Gasteiger partial charge on any atom is -0.301 e. The Morgan fingerprint density at radius 1 is 1.09 bits per heavy atom. The van der Waals surface area contributed by atoms with Crippen LogP contribution in [0.3, 0.4) is 0 Å². The lowest BCUT2D eigenvalue weighted by Crippen LogP contribution is -2.32. The predicted octanol–water partition coefficient (Wildman–Crippen LogP) is 2.91. The molecule has 1 heteroatoms. The van der Waals surface area contributed by atoms with Crippen LogP contribution in [0.1, 0.15) is 47.0 Å². The molecule has 0 aromatic carbocycles. The van der Waals surface area contributed by atoms with Gasteiger partial charge in [0.1, 0.15) is 0 Å². The van der Waals surface area contributed by atoms with Crippen LogP contribution < -0.4 is 0 Å². The zero-order valence-corrected chi connectivity index (χ0v) is 8.56.